The Bertz CT molecular complexity index is 1090. The second-order valence-corrected chi connectivity index (χ2v) is 8.66. The Balaban J connectivity index is 1.40. The van der Waals surface area contributed by atoms with E-state index in [1.807, 2.05) is 54.6 Å². The van der Waals surface area contributed by atoms with Gasteiger partial charge in [-0.25, -0.2) is 4.39 Å². The first-order chi connectivity index (χ1) is 14.2. The van der Waals surface area contributed by atoms with Crippen molar-refractivity contribution in [2.75, 3.05) is 0 Å². The third-order valence-electron chi connectivity index (χ3n) is 4.28. The maximum atomic E-state index is 13.0. The molecule has 0 saturated carbocycles. The molecule has 0 fully saturated rings. The third-order valence-corrected chi connectivity index (χ3v) is 6.32. The van der Waals surface area contributed by atoms with E-state index in [0.717, 1.165) is 30.7 Å². The lowest BCUT2D eigenvalue weighted by atomic mass is 10.0. The van der Waals surface area contributed by atoms with E-state index in [9.17, 15) is 9.18 Å². The molecule has 0 saturated heterocycles. The Morgan fingerprint density at radius 3 is 1.38 bits per heavy atom. The smallest absolute Gasteiger partial charge is 0.273 e. The van der Waals surface area contributed by atoms with E-state index in [4.69, 9.17) is 0 Å². The topological polar surface area (TPSA) is 21.4 Å². The SMILES string of the molecule is [OH+]=C(c1ccccc1)c1ccc(Sc2ccc(Sc3ccc(F)cc3)cc2)cc1. The molecular weight excluding hydrogens is 399 g/mol. The van der Waals surface area contributed by atoms with Crippen LogP contribution in [0.4, 0.5) is 4.39 Å². The van der Waals surface area contributed by atoms with Gasteiger partial charge in [0.25, 0.3) is 0 Å². The average molecular weight is 418 g/mol. The van der Waals surface area contributed by atoms with Crippen LogP contribution in [0.1, 0.15) is 11.1 Å². The van der Waals surface area contributed by atoms with Crippen LogP contribution in [0.25, 0.3) is 0 Å². The molecule has 0 radical (unpaired) electrons. The van der Waals surface area contributed by atoms with Crippen molar-refractivity contribution in [3.8, 4) is 0 Å². The molecule has 0 aliphatic heterocycles. The predicted molar refractivity (Wildman–Crippen MR) is 119 cm³/mol. The van der Waals surface area contributed by atoms with Crippen molar-refractivity contribution >= 4 is 29.3 Å². The summed E-state index contributed by atoms with van der Waals surface area (Å²) in [6.45, 7) is 0. The summed E-state index contributed by atoms with van der Waals surface area (Å²) in [6.07, 6.45) is 0. The summed E-state index contributed by atoms with van der Waals surface area (Å²) in [5.74, 6) is 0.0612. The quantitative estimate of drug-likeness (QED) is 0.247. The van der Waals surface area contributed by atoms with Crippen LogP contribution in [0.15, 0.2) is 123 Å². The van der Waals surface area contributed by atoms with Crippen LogP contribution in [0, 0.1) is 5.82 Å². The first-order valence-corrected chi connectivity index (χ1v) is 10.7. The van der Waals surface area contributed by atoms with Gasteiger partial charge in [0.05, 0.1) is 11.1 Å². The van der Waals surface area contributed by atoms with Gasteiger partial charge in [0.15, 0.2) is 0 Å². The normalized spacial score (nSPS) is 10.7. The van der Waals surface area contributed by atoms with E-state index in [-0.39, 0.29) is 11.6 Å². The van der Waals surface area contributed by atoms with Gasteiger partial charge in [-0.2, -0.15) is 0 Å². The molecule has 4 aromatic rings. The molecule has 0 spiro atoms. The Hall–Kier alpha value is -2.82. The zero-order chi connectivity index (χ0) is 20.1. The molecule has 0 amide bonds. The third kappa shape index (κ3) is 5.17. The van der Waals surface area contributed by atoms with Gasteiger partial charge in [-0.1, -0.05) is 41.7 Å². The number of hydrogen-bond acceptors (Lipinski definition) is 2. The number of ketones is 1. The first-order valence-electron chi connectivity index (χ1n) is 9.10. The zero-order valence-electron chi connectivity index (χ0n) is 15.5. The summed E-state index contributed by atoms with van der Waals surface area (Å²) in [4.78, 5) is 14.8. The molecule has 4 heteroatoms. The lowest BCUT2D eigenvalue weighted by molar-refractivity contribution is 0.626. The number of hydrogen-bond donors (Lipinski definition) is 0. The highest BCUT2D eigenvalue weighted by atomic mass is 32.2. The van der Waals surface area contributed by atoms with Crippen LogP contribution in [0.2, 0.25) is 0 Å². The number of benzene rings is 4. The zero-order valence-corrected chi connectivity index (χ0v) is 17.1. The number of halogens is 1. The minimum atomic E-state index is -0.221. The van der Waals surface area contributed by atoms with Gasteiger partial charge in [0.2, 0.25) is 0 Å². The van der Waals surface area contributed by atoms with E-state index < -0.39 is 0 Å². The van der Waals surface area contributed by atoms with Gasteiger partial charge >= 0.3 is 5.78 Å². The van der Waals surface area contributed by atoms with Crippen LogP contribution < -0.4 is 0 Å². The van der Waals surface area contributed by atoms with Crippen molar-refractivity contribution in [2.24, 2.45) is 0 Å². The Kier molecular flexibility index (Phi) is 6.13. The lowest BCUT2D eigenvalue weighted by Crippen LogP contribution is -2.02. The number of rotatable bonds is 6. The van der Waals surface area contributed by atoms with E-state index in [2.05, 4.69) is 24.3 Å². The highest BCUT2D eigenvalue weighted by Gasteiger charge is 2.14. The van der Waals surface area contributed by atoms with E-state index in [1.165, 1.54) is 12.1 Å². The molecule has 0 aliphatic carbocycles. The predicted octanol–water partition coefficient (Wildman–Crippen LogP) is 7.07. The van der Waals surface area contributed by atoms with Gasteiger partial charge in [-0.15, -0.1) is 0 Å². The molecule has 29 heavy (non-hydrogen) atoms. The summed E-state index contributed by atoms with van der Waals surface area (Å²) >= 11 is 3.28. The fourth-order valence-corrected chi connectivity index (χ4v) is 4.43. The second kappa shape index (κ2) is 9.12. The van der Waals surface area contributed by atoms with Crippen LogP contribution in [0.3, 0.4) is 0 Å². The minimum absolute atomic E-state index is 0.221. The summed E-state index contributed by atoms with van der Waals surface area (Å²) in [5.41, 5.74) is 1.61. The van der Waals surface area contributed by atoms with Gasteiger partial charge in [-0.05, 0) is 84.9 Å². The molecule has 142 valence electrons. The lowest BCUT2D eigenvalue weighted by Gasteiger charge is -2.05. The van der Waals surface area contributed by atoms with E-state index >= 15 is 0 Å². The molecule has 4 rings (SSSR count). The maximum Gasteiger partial charge on any atom is 0.354 e. The number of carbonyl (C=O) groups excluding carboxylic acids is 1. The molecule has 1 nitrogen and oxygen atoms in total. The van der Waals surface area contributed by atoms with Crippen LogP contribution in [0.5, 0.6) is 0 Å². The highest BCUT2D eigenvalue weighted by Crippen LogP contribution is 2.32. The summed E-state index contributed by atoms with van der Waals surface area (Å²) in [5, 5.41) is 0. The summed E-state index contributed by atoms with van der Waals surface area (Å²) in [6, 6.07) is 32.3. The van der Waals surface area contributed by atoms with Gasteiger partial charge in [-0.3, -0.25) is 4.79 Å². The minimum Gasteiger partial charge on any atom is -0.273 e. The van der Waals surface area contributed by atoms with Crippen molar-refractivity contribution in [2.45, 2.75) is 19.6 Å². The van der Waals surface area contributed by atoms with Crippen LogP contribution >= 0.6 is 23.5 Å². The molecule has 0 aliphatic rings. The molecule has 4 aromatic carbocycles. The van der Waals surface area contributed by atoms with Crippen molar-refractivity contribution in [3.05, 3.63) is 120 Å². The fraction of sp³-hybridized carbons (Fsp3) is 0. The Labute approximate surface area is 178 Å². The molecule has 0 aromatic heterocycles. The second-order valence-electron chi connectivity index (χ2n) is 6.37. The summed E-state index contributed by atoms with van der Waals surface area (Å²) < 4.78 is 13.0. The van der Waals surface area contributed by atoms with Crippen molar-refractivity contribution < 1.29 is 9.18 Å². The fourth-order valence-electron chi connectivity index (χ4n) is 2.79. The van der Waals surface area contributed by atoms with Crippen LogP contribution in [-0.2, 0) is 0 Å². The van der Waals surface area contributed by atoms with Crippen molar-refractivity contribution in [1.29, 1.82) is 0 Å². The highest BCUT2D eigenvalue weighted by molar-refractivity contribution is 7.99. The van der Waals surface area contributed by atoms with Crippen molar-refractivity contribution in [3.63, 3.8) is 0 Å². The standard InChI is InChI=1S/C25H17FOS2/c26-20-8-12-22(13-9-20)29-24-16-14-23(15-17-24)28-21-10-6-19(7-11-21)25(27)18-4-2-1-3-5-18/h1-17H/p+1. The average Bonchev–Trinajstić information content (AvgIpc) is 2.77. The van der Waals surface area contributed by atoms with Crippen molar-refractivity contribution in [1.82, 2.24) is 0 Å². The molecule has 1 N–H and O–H groups in total. The summed E-state index contributed by atoms with van der Waals surface area (Å²) in [7, 11) is 0. The maximum absolute atomic E-state index is 13.0. The largest absolute Gasteiger partial charge is 0.354 e. The van der Waals surface area contributed by atoms with E-state index in [0.29, 0.717) is 0 Å². The van der Waals surface area contributed by atoms with Gasteiger partial charge < -0.3 is 0 Å². The van der Waals surface area contributed by atoms with Gasteiger partial charge in [0.1, 0.15) is 5.82 Å². The van der Waals surface area contributed by atoms with Gasteiger partial charge in [0, 0.05) is 19.6 Å². The molecular formula is C25H18FOS2+. The van der Waals surface area contributed by atoms with E-state index in [1.54, 1.807) is 35.7 Å². The monoisotopic (exact) mass is 417 g/mol. The molecule has 0 bridgehead atoms. The molecule has 0 unspecified atom stereocenters. The first kappa shape index (κ1) is 19.5. The Morgan fingerprint density at radius 2 is 0.897 bits per heavy atom. The Morgan fingerprint density at radius 1 is 0.517 bits per heavy atom. The van der Waals surface area contributed by atoms with Crippen LogP contribution in [-0.4, -0.2) is 10.6 Å². The molecule has 0 heterocycles. The molecule has 0 atom stereocenters.